The predicted octanol–water partition coefficient (Wildman–Crippen LogP) is 0.964. The number of hydrogen-bond donors (Lipinski definition) is 3. The lowest BCUT2D eigenvalue weighted by Crippen LogP contribution is -2.06. The van der Waals surface area contributed by atoms with Gasteiger partial charge >= 0.3 is 5.69 Å². The van der Waals surface area contributed by atoms with E-state index in [1.807, 2.05) is 0 Å². The number of benzene rings is 1. The van der Waals surface area contributed by atoms with Crippen molar-refractivity contribution in [3.05, 3.63) is 22.2 Å². The Balaban J connectivity index is 3.23. The van der Waals surface area contributed by atoms with Crippen molar-refractivity contribution >= 4 is 17.3 Å². The van der Waals surface area contributed by atoms with Crippen LogP contribution in [0, 0.1) is 10.1 Å². The number of phenols is 2. The summed E-state index contributed by atoms with van der Waals surface area (Å²) in [5, 5.41) is 31.0. The topological polar surface area (TPSA) is 113 Å². The van der Waals surface area contributed by atoms with Crippen LogP contribution < -0.4 is 5.32 Å². The molecule has 1 aromatic rings. The van der Waals surface area contributed by atoms with Gasteiger partial charge in [-0.05, 0) is 0 Å². The van der Waals surface area contributed by atoms with E-state index in [1.54, 1.807) is 0 Å². The number of rotatable bonds is 2. The van der Waals surface area contributed by atoms with Crippen molar-refractivity contribution in [1.29, 1.82) is 0 Å². The third-order valence-electron chi connectivity index (χ3n) is 1.60. The average molecular weight is 212 g/mol. The maximum Gasteiger partial charge on any atom is 0.313 e. The first-order valence-electron chi connectivity index (χ1n) is 3.89. The van der Waals surface area contributed by atoms with Crippen LogP contribution in [0.2, 0.25) is 0 Å². The zero-order valence-corrected chi connectivity index (χ0v) is 7.72. The number of hydrogen-bond acceptors (Lipinski definition) is 5. The lowest BCUT2D eigenvalue weighted by atomic mass is 10.2. The van der Waals surface area contributed by atoms with Gasteiger partial charge in [-0.3, -0.25) is 14.9 Å². The number of nitrogens with one attached hydrogen (secondary N) is 1. The summed E-state index contributed by atoms with van der Waals surface area (Å²) in [6.07, 6.45) is 0. The number of anilines is 1. The lowest BCUT2D eigenvalue weighted by Gasteiger charge is -2.05. The Kier molecular flexibility index (Phi) is 2.75. The Morgan fingerprint density at radius 3 is 2.47 bits per heavy atom. The SMILES string of the molecule is CC(=O)Nc1cc([N+](=O)[O-])c(O)cc1O. The highest BCUT2D eigenvalue weighted by Crippen LogP contribution is 2.35. The second-order valence-electron chi connectivity index (χ2n) is 2.80. The highest BCUT2D eigenvalue weighted by molar-refractivity contribution is 5.91. The minimum Gasteiger partial charge on any atom is -0.506 e. The number of aromatic hydroxyl groups is 2. The second kappa shape index (κ2) is 3.82. The molecule has 0 bridgehead atoms. The fourth-order valence-electron chi connectivity index (χ4n) is 1.00. The molecule has 15 heavy (non-hydrogen) atoms. The normalized spacial score (nSPS) is 9.67. The molecule has 0 fully saturated rings. The summed E-state index contributed by atoms with van der Waals surface area (Å²) >= 11 is 0. The molecule has 3 N–H and O–H groups in total. The van der Waals surface area contributed by atoms with Gasteiger partial charge in [0.25, 0.3) is 0 Å². The standard InChI is InChI=1S/C8H8N2O5/c1-4(11)9-5-2-6(10(14)15)8(13)3-7(5)12/h2-3,12-13H,1H3,(H,9,11). The average Bonchev–Trinajstić information content (AvgIpc) is 2.08. The van der Waals surface area contributed by atoms with E-state index in [9.17, 15) is 20.0 Å². The molecule has 0 heterocycles. The van der Waals surface area contributed by atoms with Crippen molar-refractivity contribution in [2.75, 3.05) is 5.32 Å². The smallest absolute Gasteiger partial charge is 0.313 e. The van der Waals surface area contributed by atoms with E-state index in [0.29, 0.717) is 0 Å². The molecule has 0 saturated heterocycles. The Morgan fingerprint density at radius 1 is 1.40 bits per heavy atom. The summed E-state index contributed by atoms with van der Waals surface area (Å²) in [5.41, 5.74) is -0.705. The van der Waals surface area contributed by atoms with Gasteiger partial charge in [0.1, 0.15) is 5.75 Å². The van der Waals surface area contributed by atoms with Crippen LogP contribution in [0.25, 0.3) is 0 Å². The molecule has 0 aromatic heterocycles. The van der Waals surface area contributed by atoms with Crippen LogP contribution >= 0.6 is 0 Å². The fraction of sp³-hybridized carbons (Fsp3) is 0.125. The molecule has 1 amide bonds. The van der Waals surface area contributed by atoms with Crippen molar-refractivity contribution in [2.45, 2.75) is 6.92 Å². The monoisotopic (exact) mass is 212 g/mol. The van der Waals surface area contributed by atoms with E-state index in [4.69, 9.17) is 5.11 Å². The maximum absolute atomic E-state index is 10.7. The molecule has 0 radical (unpaired) electrons. The van der Waals surface area contributed by atoms with E-state index in [0.717, 1.165) is 12.1 Å². The van der Waals surface area contributed by atoms with Crippen LogP contribution in [0.15, 0.2) is 12.1 Å². The predicted molar refractivity (Wildman–Crippen MR) is 50.7 cm³/mol. The van der Waals surface area contributed by atoms with Crippen LogP contribution in [0.3, 0.4) is 0 Å². The minimum atomic E-state index is -0.819. The van der Waals surface area contributed by atoms with E-state index in [2.05, 4.69) is 5.32 Å². The highest BCUT2D eigenvalue weighted by atomic mass is 16.6. The fourth-order valence-corrected chi connectivity index (χ4v) is 1.00. The zero-order chi connectivity index (χ0) is 11.6. The Bertz CT molecular complexity index is 429. The van der Waals surface area contributed by atoms with E-state index >= 15 is 0 Å². The van der Waals surface area contributed by atoms with Crippen molar-refractivity contribution in [1.82, 2.24) is 0 Å². The number of amides is 1. The van der Waals surface area contributed by atoms with Gasteiger partial charge in [-0.1, -0.05) is 0 Å². The molecule has 0 aliphatic carbocycles. The largest absolute Gasteiger partial charge is 0.506 e. The van der Waals surface area contributed by atoms with Gasteiger partial charge in [-0.25, -0.2) is 0 Å². The number of nitrogens with zero attached hydrogens (tertiary/aromatic N) is 1. The number of phenolic OH excluding ortho intramolecular Hbond substituents is 2. The van der Waals surface area contributed by atoms with Crippen LogP contribution in [-0.2, 0) is 4.79 Å². The molecule has 80 valence electrons. The summed E-state index contributed by atoms with van der Waals surface area (Å²) in [7, 11) is 0. The maximum atomic E-state index is 10.7. The van der Waals surface area contributed by atoms with Gasteiger partial charge in [0, 0.05) is 19.1 Å². The third-order valence-corrected chi connectivity index (χ3v) is 1.60. The molecular formula is C8H8N2O5. The van der Waals surface area contributed by atoms with Crippen LogP contribution in [0.5, 0.6) is 11.5 Å². The summed E-state index contributed by atoms with van der Waals surface area (Å²) in [6, 6.07) is 1.68. The molecule has 1 aromatic carbocycles. The summed E-state index contributed by atoms with van der Waals surface area (Å²) in [4.78, 5) is 20.3. The first-order chi connectivity index (χ1) is 6.91. The quantitative estimate of drug-likeness (QED) is 0.292. The van der Waals surface area contributed by atoms with Crippen molar-refractivity contribution in [3.63, 3.8) is 0 Å². The molecule has 0 atom stereocenters. The minimum absolute atomic E-state index is 0.119. The molecule has 0 saturated carbocycles. The van der Waals surface area contributed by atoms with Crippen LogP contribution in [0.1, 0.15) is 6.92 Å². The van der Waals surface area contributed by atoms with Crippen molar-refractivity contribution < 1.29 is 19.9 Å². The van der Waals surface area contributed by atoms with E-state index < -0.39 is 28.0 Å². The Hall–Kier alpha value is -2.31. The second-order valence-corrected chi connectivity index (χ2v) is 2.80. The third kappa shape index (κ3) is 2.33. The summed E-state index contributed by atoms with van der Waals surface area (Å²) < 4.78 is 0. The van der Waals surface area contributed by atoms with Gasteiger partial charge in [-0.15, -0.1) is 0 Å². The van der Waals surface area contributed by atoms with Crippen molar-refractivity contribution in [2.24, 2.45) is 0 Å². The number of nitro benzene ring substituents is 1. The van der Waals surface area contributed by atoms with Gasteiger partial charge in [0.2, 0.25) is 5.91 Å². The number of carbonyl (C=O) groups excluding carboxylic acids is 1. The summed E-state index contributed by atoms with van der Waals surface area (Å²) in [6.45, 7) is 1.19. The first kappa shape index (κ1) is 10.8. The number of carbonyl (C=O) groups is 1. The summed E-state index contributed by atoms with van der Waals surface area (Å²) in [5.74, 6) is -1.58. The van der Waals surface area contributed by atoms with Gasteiger partial charge < -0.3 is 15.5 Å². The van der Waals surface area contributed by atoms with Crippen molar-refractivity contribution in [3.8, 4) is 11.5 Å². The van der Waals surface area contributed by atoms with Crippen LogP contribution in [-0.4, -0.2) is 21.0 Å². The Morgan fingerprint density at radius 2 is 2.00 bits per heavy atom. The number of nitro groups is 1. The molecule has 0 spiro atoms. The molecule has 0 aliphatic rings. The lowest BCUT2D eigenvalue weighted by molar-refractivity contribution is -0.385. The molecular weight excluding hydrogens is 204 g/mol. The Labute approximate surface area is 84.1 Å². The van der Waals surface area contributed by atoms with E-state index in [1.165, 1.54) is 6.92 Å². The van der Waals surface area contributed by atoms with Gasteiger partial charge in [-0.2, -0.15) is 0 Å². The van der Waals surface area contributed by atoms with Gasteiger partial charge in [0.15, 0.2) is 5.75 Å². The molecule has 1 rings (SSSR count). The van der Waals surface area contributed by atoms with Gasteiger partial charge in [0.05, 0.1) is 10.6 Å². The highest BCUT2D eigenvalue weighted by Gasteiger charge is 2.17. The molecule has 7 heteroatoms. The van der Waals surface area contributed by atoms with Crippen LogP contribution in [0.4, 0.5) is 11.4 Å². The zero-order valence-electron chi connectivity index (χ0n) is 7.72. The molecule has 7 nitrogen and oxygen atoms in total. The first-order valence-corrected chi connectivity index (χ1v) is 3.89. The molecule has 0 aliphatic heterocycles. The van der Waals surface area contributed by atoms with E-state index in [-0.39, 0.29) is 5.69 Å². The molecule has 0 unspecified atom stereocenters.